The van der Waals surface area contributed by atoms with Crippen molar-refractivity contribution in [2.75, 3.05) is 14.2 Å². The molecule has 0 rings (SSSR count). The molecule has 10 radical (unpaired) electrons. The Bertz CT molecular complexity index is 33.7. The number of rotatable bonds is 0. The second kappa shape index (κ2) is 211. The molecule has 0 atom stereocenters. The molecule has 0 saturated carbocycles. The molecule has 0 fully saturated rings. The zero-order chi connectivity index (χ0) is 6.00. The molecule has 20 heavy (non-hydrogen) atoms. The van der Waals surface area contributed by atoms with E-state index in [1.807, 2.05) is 13.8 Å². The van der Waals surface area contributed by atoms with Gasteiger partial charge in [-0.25, -0.2) is 0 Å². The summed E-state index contributed by atoms with van der Waals surface area (Å²) in [6, 6.07) is 0. The van der Waals surface area contributed by atoms with Crippen LogP contribution in [-0.2, 0) is 327 Å². The van der Waals surface area contributed by atoms with Gasteiger partial charge in [-0.05, 0) is 0 Å². The summed E-state index contributed by atoms with van der Waals surface area (Å²) in [4.78, 5) is 0. The first-order valence-corrected chi connectivity index (χ1v) is 1.89. The molecule has 8 N–H and O–H groups in total. The predicted octanol–water partition coefficient (Wildman–Crippen LogP) is 1.44. The smallest absolute Gasteiger partial charge is 0.0319 e. The normalized spacial score (nSPS) is 0.900. The third-order valence-corrected chi connectivity index (χ3v) is 0. The second-order valence-electron chi connectivity index (χ2n) is 0. The molecule has 0 spiro atoms. The van der Waals surface area contributed by atoms with Crippen LogP contribution in [0.3, 0.4) is 0 Å². The predicted molar refractivity (Wildman–Crippen MR) is 50.5 cm³/mol. The molecule has 104 valence electrons. The molecular formula is C6H26N2O2Y10-2. The SMILES string of the molecule is CC.CO.CO.N.N.[CH3-].[CH3-].[Y].[Y].[Y].[Y].[Y].[Y].[Y].[Y].[Y].[Y]. The van der Waals surface area contributed by atoms with E-state index in [4.69, 9.17) is 10.2 Å². The largest absolute Gasteiger partial charge is 0.400 e. The summed E-state index contributed by atoms with van der Waals surface area (Å²) in [7, 11) is 2.00. The quantitative estimate of drug-likeness (QED) is 0.276. The molecule has 0 aliphatic rings. The van der Waals surface area contributed by atoms with Crippen molar-refractivity contribution < 1.29 is 337 Å². The molecule has 0 unspecified atom stereocenters. The van der Waals surface area contributed by atoms with E-state index in [1.54, 1.807) is 0 Å². The zero-order valence-corrected chi connectivity index (χ0v) is 42.5. The van der Waals surface area contributed by atoms with Crippen LogP contribution >= 0.6 is 0 Å². The standard InChI is InChI=1S/C2H6.2CH4O.2CH3.2H3N.10Y/c3*1-2;;;;;;;;;;;;;;/h1-2H3;2*2H,1H3;4*1H3;;;;;;;;;;/q;;;2*-1;;;;;;;;;;;;. The van der Waals surface area contributed by atoms with Crippen LogP contribution in [0.1, 0.15) is 13.8 Å². The van der Waals surface area contributed by atoms with Crippen molar-refractivity contribution in [3.8, 4) is 0 Å². The minimum atomic E-state index is 0. The van der Waals surface area contributed by atoms with Crippen molar-refractivity contribution in [2.24, 2.45) is 0 Å². The Kier molecular flexibility index (Phi) is 1510. The molecule has 0 aromatic carbocycles. The Balaban J connectivity index is -0.000000000333. The van der Waals surface area contributed by atoms with E-state index in [2.05, 4.69) is 0 Å². The van der Waals surface area contributed by atoms with Gasteiger partial charge in [0.15, 0.2) is 0 Å². The van der Waals surface area contributed by atoms with E-state index in [9.17, 15) is 0 Å². The average molecular weight is 1050 g/mol. The van der Waals surface area contributed by atoms with E-state index < -0.39 is 0 Å². The molecule has 0 saturated heterocycles. The molecule has 0 aromatic rings. The van der Waals surface area contributed by atoms with Crippen LogP contribution in [0.2, 0.25) is 0 Å². The fraction of sp³-hybridized carbons (Fsp3) is 0.667. The topological polar surface area (TPSA) is 110 Å². The summed E-state index contributed by atoms with van der Waals surface area (Å²) in [6.45, 7) is 4.00. The maximum absolute atomic E-state index is 7.00. The minimum Gasteiger partial charge on any atom is -0.400 e. The van der Waals surface area contributed by atoms with Crippen LogP contribution in [0, 0.1) is 14.9 Å². The summed E-state index contributed by atoms with van der Waals surface area (Å²) in [5, 5.41) is 14.0. The molecule has 14 heteroatoms. The molecular weight excluding hydrogens is 1020 g/mol. The zero-order valence-electron chi connectivity index (χ0n) is 14.1. The number of hydrogen-bond donors (Lipinski definition) is 4. The van der Waals surface area contributed by atoms with Gasteiger partial charge in [0.2, 0.25) is 0 Å². The van der Waals surface area contributed by atoms with Gasteiger partial charge < -0.3 is 37.4 Å². The van der Waals surface area contributed by atoms with Crippen molar-refractivity contribution in [3.63, 3.8) is 0 Å². The Morgan fingerprint density at radius 2 is 0.350 bits per heavy atom. The summed E-state index contributed by atoms with van der Waals surface area (Å²) >= 11 is 0. The molecule has 0 amide bonds. The maximum Gasteiger partial charge on any atom is 0.0319 e. The van der Waals surface area contributed by atoms with Crippen molar-refractivity contribution in [2.45, 2.75) is 13.8 Å². The Hall–Kier alpha value is 10.9. The van der Waals surface area contributed by atoms with Crippen molar-refractivity contribution >= 4 is 0 Å². The van der Waals surface area contributed by atoms with Crippen LogP contribution in [0.15, 0.2) is 0 Å². The van der Waals surface area contributed by atoms with E-state index in [1.165, 1.54) is 0 Å². The first-order valence-electron chi connectivity index (χ1n) is 1.89. The van der Waals surface area contributed by atoms with E-state index in [0.717, 1.165) is 14.2 Å². The van der Waals surface area contributed by atoms with E-state index in [0.29, 0.717) is 0 Å². The van der Waals surface area contributed by atoms with Crippen LogP contribution in [0.5, 0.6) is 0 Å². The molecule has 4 nitrogen and oxygen atoms in total. The fourth-order valence-electron chi connectivity index (χ4n) is 0. The summed E-state index contributed by atoms with van der Waals surface area (Å²) in [5.41, 5.74) is 0. The Morgan fingerprint density at radius 3 is 0.350 bits per heavy atom. The third kappa shape index (κ3) is 190. The van der Waals surface area contributed by atoms with Crippen LogP contribution in [0.4, 0.5) is 0 Å². The van der Waals surface area contributed by atoms with Gasteiger partial charge in [-0.2, -0.15) is 0 Å². The summed E-state index contributed by atoms with van der Waals surface area (Å²) in [6.07, 6.45) is 0. The number of aliphatic hydroxyl groups is 2. The van der Waals surface area contributed by atoms with Gasteiger partial charge in [0.05, 0.1) is 0 Å². The Labute approximate surface area is 380 Å². The van der Waals surface area contributed by atoms with Gasteiger partial charge in [-0.15, -0.1) is 0 Å². The van der Waals surface area contributed by atoms with Gasteiger partial charge in [0, 0.05) is 341 Å². The van der Waals surface area contributed by atoms with Crippen LogP contribution in [-0.4, -0.2) is 24.4 Å². The molecule has 0 aliphatic heterocycles. The first-order chi connectivity index (χ1) is 3.00. The molecule has 0 aliphatic carbocycles. The average Bonchev–Trinajstić information content (AvgIpc) is 1.81. The fourth-order valence-corrected chi connectivity index (χ4v) is 0. The summed E-state index contributed by atoms with van der Waals surface area (Å²) < 4.78 is 0. The van der Waals surface area contributed by atoms with Crippen molar-refractivity contribution in [1.29, 1.82) is 0 Å². The maximum atomic E-state index is 7.00. The van der Waals surface area contributed by atoms with Crippen molar-refractivity contribution in [1.82, 2.24) is 12.3 Å². The number of hydrogen-bond acceptors (Lipinski definition) is 4. The number of aliphatic hydroxyl groups excluding tert-OH is 2. The molecule has 0 heterocycles. The molecule has 0 bridgehead atoms. The Morgan fingerprint density at radius 1 is 0.350 bits per heavy atom. The van der Waals surface area contributed by atoms with Crippen LogP contribution in [0.25, 0.3) is 0 Å². The van der Waals surface area contributed by atoms with Gasteiger partial charge in [-0.1, -0.05) is 13.8 Å². The monoisotopic (exact) mass is 1050 g/mol. The van der Waals surface area contributed by atoms with Gasteiger partial charge >= 0.3 is 0 Å². The van der Waals surface area contributed by atoms with Gasteiger partial charge in [0.1, 0.15) is 0 Å². The van der Waals surface area contributed by atoms with Crippen molar-refractivity contribution in [3.05, 3.63) is 14.9 Å². The first kappa shape index (κ1) is 143. The minimum absolute atomic E-state index is 0. The van der Waals surface area contributed by atoms with Gasteiger partial charge in [-0.3, -0.25) is 0 Å². The third-order valence-electron chi connectivity index (χ3n) is 0. The summed E-state index contributed by atoms with van der Waals surface area (Å²) in [5.74, 6) is 0. The second-order valence-corrected chi connectivity index (χ2v) is 0. The van der Waals surface area contributed by atoms with Gasteiger partial charge in [0.25, 0.3) is 0 Å². The molecule has 0 aromatic heterocycles. The van der Waals surface area contributed by atoms with E-state index >= 15 is 0 Å². The van der Waals surface area contributed by atoms with E-state index in [-0.39, 0.29) is 354 Å². The van der Waals surface area contributed by atoms with Crippen LogP contribution < -0.4 is 12.3 Å².